The van der Waals surface area contributed by atoms with Crippen LogP contribution in [0.2, 0.25) is 0 Å². The number of likely N-dealkylation sites (tertiary alicyclic amines) is 1. The molecule has 22 heavy (non-hydrogen) atoms. The Hall–Kier alpha value is -1.35. The van der Waals surface area contributed by atoms with Crippen LogP contribution >= 0.6 is 0 Å². The SMILES string of the molecule is CCC(CC)C(=O)NC[C@@H](c1ccc(C)cc1)N1CCCC1. The third-order valence-electron chi connectivity index (χ3n) is 4.87. The van der Waals surface area contributed by atoms with E-state index < -0.39 is 0 Å². The number of hydrogen-bond acceptors (Lipinski definition) is 2. The van der Waals surface area contributed by atoms with Gasteiger partial charge < -0.3 is 5.32 Å². The van der Waals surface area contributed by atoms with Crippen molar-refractivity contribution in [3.05, 3.63) is 35.4 Å². The van der Waals surface area contributed by atoms with Crippen LogP contribution in [-0.2, 0) is 4.79 Å². The summed E-state index contributed by atoms with van der Waals surface area (Å²) in [5.74, 6) is 0.360. The summed E-state index contributed by atoms with van der Waals surface area (Å²) in [6, 6.07) is 9.06. The number of nitrogens with one attached hydrogen (secondary N) is 1. The van der Waals surface area contributed by atoms with Gasteiger partial charge in [0.05, 0.1) is 6.04 Å². The summed E-state index contributed by atoms with van der Waals surface area (Å²) in [6.07, 6.45) is 4.37. The molecule has 1 amide bonds. The zero-order chi connectivity index (χ0) is 15.9. The lowest BCUT2D eigenvalue weighted by molar-refractivity contribution is -0.125. The highest BCUT2D eigenvalue weighted by Crippen LogP contribution is 2.25. The molecule has 1 atom stereocenters. The van der Waals surface area contributed by atoms with E-state index in [1.54, 1.807) is 0 Å². The molecule has 0 saturated carbocycles. The molecule has 0 aliphatic carbocycles. The molecule has 0 radical (unpaired) electrons. The Bertz CT molecular complexity index is 459. The number of hydrogen-bond donors (Lipinski definition) is 1. The predicted molar refractivity (Wildman–Crippen MR) is 91.8 cm³/mol. The van der Waals surface area contributed by atoms with Crippen LogP contribution in [0.4, 0.5) is 0 Å². The van der Waals surface area contributed by atoms with Gasteiger partial charge in [0.25, 0.3) is 0 Å². The molecule has 0 spiro atoms. The van der Waals surface area contributed by atoms with Crippen molar-refractivity contribution in [2.75, 3.05) is 19.6 Å². The molecule has 1 aliphatic heterocycles. The third-order valence-corrected chi connectivity index (χ3v) is 4.87. The van der Waals surface area contributed by atoms with Crippen molar-refractivity contribution < 1.29 is 4.79 Å². The van der Waals surface area contributed by atoms with Crippen molar-refractivity contribution >= 4 is 5.91 Å². The summed E-state index contributed by atoms with van der Waals surface area (Å²) >= 11 is 0. The molecule has 0 aromatic heterocycles. The van der Waals surface area contributed by atoms with E-state index in [-0.39, 0.29) is 11.8 Å². The van der Waals surface area contributed by atoms with E-state index in [0.29, 0.717) is 6.04 Å². The fourth-order valence-corrected chi connectivity index (χ4v) is 3.30. The van der Waals surface area contributed by atoms with Crippen LogP contribution in [0.25, 0.3) is 0 Å². The minimum absolute atomic E-state index is 0.150. The minimum atomic E-state index is 0.150. The minimum Gasteiger partial charge on any atom is -0.354 e. The van der Waals surface area contributed by atoms with E-state index in [0.717, 1.165) is 32.5 Å². The van der Waals surface area contributed by atoms with Crippen LogP contribution in [-0.4, -0.2) is 30.4 Å². The molecule has 1 fully saturated rings. The van der Waals surface area contributed by atoms with Crippen LogP contribution in [0.3, 0.4) is 0 Å². The number of rotatable bonds is 7. The standard InChI is InChI=1S/C19H30N2O/c1-4-16(5-2)19(22)20-14-18(21-12-6-7-13-21)17-10-8-15(3)9-11-17/h8-11,16,18H,4-7,12-14H2,1-3H3,(H,20,22)/t18-/m0/s1. The molecule has 1 aromatic carbocycles. The molecule has 0 unspecified atom stereocenters. The summed E-state index contributed by atoms with van der Waals surface area (Å²) in [4.78, 5) is 14.8. The van der Waals surface area contributed by atoms with E-state index in [9.17, 15) is 4.79 Å². The van der Waals surface area contributed by atoms with E-state index in [2.05, 4.69) is 55.3 Å². The monoisotopic (exact) mass is 302 g/mol. The topological polar surface area (TPSA) is 32.3 Å². The lowest BCUT2D eigenvalue weighted by atomic mass is 10.0. The second-order valence-electron chi connectivity index (χ2n) is 6.43. The Morgan fingerprint density at radius 1 is 1.14 bits per heavy atom. The molecule has 122 valence electrons. The van der Waals surface area contributed by atoms with Gasteiger partial charge in [0.1, 0.15) is 0 Å². The summed E-state index contributed by atoms with van der Waals surface area (Å²) in [7, 11) is 0. The molecule has 2 rings (SSSR count). The van der Waals surface area contributed by atoms with Crippen molar-refractivity contribution in [2.45, 2.75) is 52.5 Å². The molecular formula is C19H30N2O. The van der Waals surface area contributed by atoms with Gasteiger partial charge in [-0.15, -0.1) is 0 Å². The van der Waals surface area contributed by atoms with E-state index >= 15 is 0 Å². The zero-order valence-corrected chi connectivity index (χ0v) is 14.3. The lowest BCUT2D eigenvalue weighted by Crippen LogP contribution is -2.39. The smallest absolute Gasteiger partial charge is 0.223 e. The summed E-state index contributed by atoms with van der Waals surface area (Å²) in [6.45, 7) is 9.29. The van der Waals surface area contributed by atoms with Gasteiger partial charge in [-0.3, -0.25) is 9.69 Å². The first-order valence-corrected chi connectivity index (χ1v) is 8.74. The molecule has 1 saturated heterocycles. The molecule has 3 nitrogen and oxygen atoms in total. The second kappa shape index (κ2) is 8.33. The van der Waals surface area contributed by atoms with E-state index in [4.69, 9.17) is 0 Å². The van der Waals surface area contributed by atoms with Crippen LogP contribution in [0, 0.1) is 12.8 Å². The predicted octanol–water partition coefficient (Wildman–Crippen LogP) is 3.68. The van der Waals surface area contributed by atoms with Gasteiger partial charge in [0.15, 0.2) is 0 Å². The quantitative estimate of drug-likeness (QED) is 0.833. The van der Waals surface area contributed by atoms with Gasteiger partial charge in [-0.2, -0.15) is 0 Å². The van der Waals surface area contributed by atoms with Crippen molar-refractivity contribution in [2.24, 2.45) is 5.92 Å². The average molecular weight is 302 g/mol. The molecule has 1 aliphatic rings. The first-order valence-electron chi connectivity index (χ1n) is 8.74. The number of carbonyl (C=O) groups excluding carboxylic acids is 1. The summed E-state index contributed by atoms with van der Waals surface area (Å²) < 4.78 is 0. The second-order valence-corrected chi connectivity index (χ2v) is 6.43. The normalized spacial score (nSPS) is 16.9. The molecule has 1 heterocycles. The first kappa shape index (κ1) is 17.0. The van der Waals surface area contributed by atoms with Crippen molar-refractivity contribution in [3.63, 3.8) is 0 Å². The highest BCUT2D eigenvalue weighted by atomic mass is 16.1. The van der Waals surface area contributed by atoms with Crippen LogP contribution < -0.4 is 5.32 Å². The van der Waals surface area contributed by atoms with Crippen molar-refractivity contribution in [1.82, 2.24) is 10.2 Å². The average Bonchev–Trinajstić information content (AvgIpc) is 3.04. The van der Waals surface area contributed by atoms with Crippen molar-refractivity contribution in [3.8, 4) is 0 Å². The number of aryl methyl sites for hydroxylation is 1. The largest absolute Gasteiger partial charge is 0.354 e. The third kappa shape index (κ3) is 4.33. The van der Waals surface area contributed by atoms with Crippen LogP contribution in [0.15, 0.2) is 24.3 Å². The maximum atomic E-state index is 12.3. The van der Waals surface area contributed by atoms with Gasteiger partial charge in [0, 0.05) is 12.5 Å². The van der Waals surface area contributed by atoms with Crippen LogP contribution in [0.1, 0.15) is 56.7 Å². The van der Waals surface area contributed by atoms with Gasteiger partial charge in [-0.05, 0) is 51.3 Å². The fourth-order valence-electron chi connectivity index (χ4n) is 3.30. The Kier molecular flexibility index (Phi) is 6.44. The van der Waals surface area contributed by atoms with Gasteiger partial charge in [0.2, 0.25) is 5.91 Å². The number of benzene rings is 1. The number of amides is 1. The Labute approximate surface area is 135 Å². The molecular weight excluding hydrogens is 272 g/mol. The Morgan fingerprint density at radius 3 is 2.27 bits per heavy atom. The van der Waals surface area contributed by atoms with Gasteiger partial charge in [-0.1, -0.05) is 43.7 Å². The van der Waals surface area contributed by atoms with Gasteiger partial charge in [-0.25, -0.2) is 0 Å². The highest BCUT2D eigenvalue weighted by Gasteiger charge is 2.24. The van der Waals surface area contributed by atoms with Crippen molar-refractivity contribution in [1.29, 1.82) is 0 Å². The Morgan fingerprint density at radius 2 is 1.73 bits per heavy atom. The maximum absolute atomic E-state index is 12.3. The summed E-state index contributed by atoms with van der Waals surface area (Å²) in [5, 5.41) is 3.19. The highest BCUT2D eigenvalue weighted by molar-refractivity contribution is 5.78. The van der Waals surface area contributed by atoms with Gasteiger partial charge >= 0.3 is 0 Å². The first-order chi connectivity index (χ1) is 10.7. The number of carbonyl (C=O) groups is 1. The zero-order valence-electron chi connectivity index (χ0n) is 14.3. The Balaban J connectivity index is 2.05. The van der Waals surface area contributed by atoms with Crippen LogP contribution in [0.5, 0.6) is 0 Å². The summed E-state index contributed by atoms with van der Waals surface area (Å²) in [5.41, 5.74) is 2.60. The molecule has 3 heteroatoms. The fraction of sp³-hybridized carbons (Fsp3) is 0.632. The molecule has 1 N–H and O–H groups in total. The molecule has 0 bridgehead atoms. The van der Waals surface area contributed by atoms with E-state index in [1.807, 2.05) is 0 Å². The maximum Gasteiger partial charge on any atom is 0.223 e. The lowest BCUT2D eigenvalue weighted by Gasteiger charge is -2.29. The molecule has 1 aromatic rings. The van der Waals surface area contributed by atoms with E-state index in [1.165, 1.54) is 24.0 Å². The number of nitrogens with zero attached hydrogens (tertiary/aromatic N) is 1.